The summed E-state index contributed by atoms with van der Waals surface area (Å²) in [5.41, 5.74) is 2.03. The zero-order valence-electron chi connectivity index (χ0n) is 18.4. The molecule has 0 bridgehead atoms. The molecule has 11 heteroatoms. The number of imide groups is 2. The number of benzene rings is 2. The predicted octanol–water partition coefficient (Wildman–Crippen LogP) is 0.891. The molecular weight excluding hydrogens is 462 g/mol. The summed E-state index contributed by atoms with van der Waals surface area (Å²) in [5, 5.41) is 5.20. The lowest BCUT2D eigenvalue weighted by atomic mass is 10.0. The number of hydrogen-bond donors (Lipinski definition) is 2. The highest BCUT2D eigenvalue weighted by Crippen LogP contribution is 2.28. The van der Waals surface area contributed by atoms with Gasteiger partial charge in [0.15, 0.2) is 0 Å². The van der Waals surface area contributed by atoms with E-state index in [0.29, 0.717) is 12.1 Å². The molecule has 2 N–H and O–H groups in total. The Hall–Kier alpha value is -3.41. The van der Waals surface area contributed by atoms with Gasteiger partial charge in [0.25, 0.3) is 21.9 Å². The fraction of sp³-hybridized carbons (Fsp3) is 0.304. The number of fused-ring (bicyclic) bond motifs is 1. The van der Waals surface area contributed by atoms with Crippen molar-refractivity contribution >= 4 is 33.7 Å². The second-order valence-electron chi connectivity index (χ2n) is 8.09. The molecule has 178 valence electrons. The predicted molar refractivity (Wildman–Crippen MR) is 119 cm³/mol. The highest BCUT2D eigenvalue weighted by Gasteiger charge is 2.44. The van der Waals surface area contributed by atoms with Crippen molar-refractivity contribution in [3.05, 3.63) is 64.7 Å². The Morgan fingerprint density at radius 3 is 2.44 bits per heavy atom. The Kier molecular flexibility index (Phi) is 6.60. The third-order valence-electron chi connectivity index (χ3n) is 5.66. The van der Waals surface area contributed by atoms with Crippen LogP contribution >= 0.6 is 0 Å². The van der Waals surface area contributed by atoms with E-state index in [1.807, 2.05) is 6.92 Å². The van der Waals surface area contributed by atoms with Crippen LogP contribution in [0.1, 0.15) is 44.7 Å². The van der Waals surface area contributed by atoms with Crippen molar-refractivity contribution in [2.75, 3.05) is 13.2 Å². The van der Waals surface area contributed by atoms with Crippen LogP contribution < -0.4 is 10.6 Å². The van der Waals surface area contributed by atoms with Gasteiger partial charge in [-0.05, 0) is 43.2 Å². The highest BCUT2D eigenvalue weighted by molar-refractivity contribution is 7.86. The molecule has 0 saturated carbocycles. The maximum absolute atomic E-state index is 12.9. The first-order valence-corrected chi connectivity index (χ1v) is 12.1. The van der Waals surface area contributed by atoms with E-state index in [2.05, 4.69) is 10.6 Å². The number of nitrogens with one attached hydrogen (secondary N) is 2. The van der Waals surface area contributed by atoms with Gasteiger partial charge in [-0.1, -0.05) is 23.8 Å². The Morgan fingerprint density at radius 2 is 1.74 bits per heavy atom. The zero-order chi connectivity index (χ0) is 24.5. The molecule has 0 aliphatic carbocycles. The molecule has 1 atom stereocenters. The van der Waals surface area contributed by atoms with Gasteiger partial charge in [-0.3, -0.25) is 33.6 Å². The lowest BCUT2D eigenvalue weighted by Crippen LogP contribution is -2.54. The maximum Gasteiger partial charge on any atom is 0.297 e. The molecular formula is C23H23N3O7S. The SMILES string of the molecule is Cc1ccc(S(=O)(=O)OCCNCc2ccc3c(c2)C(=O)N(C2CCC(=O)NC2=O)C3=O)cc1. The van der Waals surface area contributed by atoms with Crippen LogP contribution in [0.2, 0.25) is 0 Å². The average Bonchev–Trinajstić information content (AvgIpc) is 3.04. The number of amides is 4. The minimum Gasteiger partial charge on any atom is -0.310 e. The first kappa shape index (κ1) is 23.7. The van der Waals surface area contributed by atoms with Crippen molar-refractivity contribution in [3.63, 3.8) is 0 Å². The van der Waals surface area contributed by atoms with Gasteiger partial charge in [-0.2, -0.15) is 8.42 Å². The summed E-state index contributed by atoms with van der Waals surface area (Å²) in [6.45, 7) is 2.32. The lowest BCUT2D eigenvalue weighted by molar-refractivity contribution is -0.136. The summed E-state index contributed by atoms with van der Waals surface area (Å²) in [6.07, 6.45) is 0.150. The fourth-order valence-corrected chi connectivity index (χ4v) is 4.77. The maximum atomic E-state index is 12.9. The minimum absolute atomic E-state index is 0.0562. The largest absolute Gasteiger partial charge is 0.310 e. The number of piperidine rings is 1. The molecule has 4 rings (SSSR count). The van der Waals surface area contributed by atoms with Crippen molar-refractivity contribution in [2.24, 2.45) is 0 Å². The topological polar surface area (TPSA) is 139 Å². The summed E-state index contributed by atoms with van der Waals surface area (Å²) in [5.74, 6) is -2.23. The number of hydrogen-bond acceptors (Lipinski definition) is 8. The molecule has 2 heterocycles. The monoisotopic (exact) mass is 485 g/mol. The van der Waals surface area contributed by atoms with Crippen molar-refractivity contribution in [1.29, 1.82) is 0 Å². The van der Waals surface area contributed by atoms with Crippen LogP contribution in [-0.4, -0.2) is 56.1 Å². The van der Waals surface area contributed by atoms with Gasteiger partial charge in [0.05, 0.1) is 22.6 Å². The van der Waals surface area contributed by atoms with Gasteiger partial charge in [-0.25, -0.2) is 0 Å². The Morgan fingerprint density at radius 1 is 1.03 bits per heavy atom. The van der Waals surface area contributed by atoms with Gasteiger partial charge in [0, 0.05) is 19.5 Å². The second kappa shape index (κ2) is 9.45. The van der Waals surface area contributed by atoms with E-state index in [1.54, 1.807) is 24.3 Å². The lowest BCUT2D eigenvalue weighted by Gasteiger charge is -2.27. The second-order valence-corrected chi connectivity index (χ2v) is 9.71. The average molecular weight is 486 g/mol. The van der Waals surface area contributed by atoms with Crippen molar-refractivity contribution in [1.82, 2.24) is 15.5 Å². The summed E-state index contributed by atoms with van der Waals surface area (Å²) < 4.78 is 29.4. The molecule has 0 spiro atoms. The molecule has 10 nitrogen and oxygen atoms in total. The standard InChI is InChI=1S/C23H23N3O7S/c1-14-2-5-16(6-3-14)34(31,32)33-11-10-24-13-15-4-7-17-18(12-15)23(30)26(22(17)29)19-8-9-20(27)25-21(19)28/h2-7,12,19,24H,8-11,13H2,1H3,(H,25,27,28). The van der Waals surface area contributed by atoms with Crippen molar-refractivity contribution < 1.29 is 31.8 Å². The van der Waals surface area contributed by atoms with E-state index >= 15 is 0 Å². The first-order valence-electron chi connectivity index (χ1n) is 10.7. The third-order valence-corrected chi connectivity index (χ3v) is 6.99. The fourth-order valence-electron chi connectivity index (χ4n) is 3.86. The Bertz CT molecular complexity index is 1270. The summed E-state index contributed by atoms with van der Waals surface area (Å²) in [6, 6.07) is 10.1. The molecule has 2 aliphatic heterocycles. The smallest absolute Gasteiger partial charge is 0.297 e. The number of carbonyl (C=O) groups is 4. The molecule has 2 aliphatic rings. The highest BCUT2D eigenvalue weighted by atomic mass is 32.2. The van der Waals surface area contributed by atoms with E-state index < -0.39 is 39.8 Å². The number of aryl methyl sites for hydroxylation is 1. The zero-order valence-corrected chi connectivity index (χ0v) is 19.2. The van der Waals surface area contributed by atoms with Crippen molar-refractivity contribution in [2.45, 2.75) is 37.2 Å². The number of carbonyl (C=O) groups excluding carboxylic acids is 4. The molecule has 0 aromatic heterocycles. The van der Waals surface area contributed by atoms with Gasteiger partial charge in [-0.15, -0.1) is 0 Å². The van der Waals surface area contributed by atoms with E-state index in [0.717, 1.165) is 10.5 Å². The molecule has 34 heavy (non-hydrogen) atoms. The van der Waals surface area contributed by atoms with E-state index in [-0.39, 0.29) is 42.0 Å². The van der Waals surface area contributed by atoms with Crippen molar-refractivity contribution in [3.8, 4) is 0 Å². The first-order chi connectivity index (χ1) is 16.2. The summed E-state index contributed by atoms with van der Waals surface area (Å²) in [4.78, 5) is 50.1. The Balaban J connectivity index is 1.33. The molecule has 0 radical (unpaired) electrons. The minimum atomic E-state index is -3.85. The quantitative estimate of drug-likeness (QED) is 0.319. The van der Waals surface area contributed by atoms with Gasteiger partial charge < -0.3 is 5.32 Å². The Labute approximate surface area is 196 Å². The van der Waals surface area contributed by atoms with Crippen LogP contribution in [-0.2, 0) is 30.4 Å². The van der Waals surface area contributed by atoms with Crippen LogP contribution in [0.4, 0.5) is 0 Å². The number of rotatable bonds is 8. The van der Waals surface area contributed by atoms with Gasteiger partial charge in [0.1, 0.15) is 6.04 Å². The number of nitrogens with zero attached hydrogens (tertiary/aromatic N) is 1. The van der Waals surface area contributed by atoms with Crippen LogP contribution in [0.25, 0.3) is 0 Å². The van der Waals surface area contributed by atoms with Crippen LogP contribution in [0, 0.1) is 6.92 Å². The summed E-state index contributed by atoms with van der Waals surface area (Å²) >= 11 is 0. The third kappa shape index (κ3) is 4.76. The van der Waals surface area contributed by atoms with E-state index in [1.165, 1.54) is 18.2 Å². The van der Waals surface area contributed by atoms with Crippen LogP contribution in [0.3, 0.4) is 0 Å². The van der Waals surface area contributed by atoms with Crippen LogP contribution in [0.15, 0.2) is 47.4 Å². The normalized spacial score (nSPS) is 18.3. The van der Waals surface area contributed by atoms with Crippen LogP contribution in [0.5, 0.6) is 0 Å². The molecule has 2 aromatic rings. The molecule has 4 amide bonds. The molecule has 1 unspecified atom stereocenters. The molecule has 1 fully saturated rings. The molecule has 1 saturated heterocycles. The van der Waals surface area contributed by atoms with Gasteiger partial charge in [0.2, 0.25) is 11.8 Å². The summed E-state index contributed by atoms with van der Waals surface area (Å²) in [7, 11) is -3.85. The van der Waals surface area contributed by atoms with E-state index in [9.17, 15) is 27.6 Å². The van der Waals surface area contributed by atoms with Gasteiger partial charge >= 0.3 is 0 Å². The molecule has 2 aromatic carbocycles. The van der Waals surface area contributed by atoms with E-state index in [4.69, 9.17) is 4.18 Å².